The van der Waals surface area contributed by atoms with E-state index in [4.69, 9.17) is 15.5 Å². The van der Waals surface area contributed by atoms with Crippen LogP contribution in [0.25, 0.3) is 0 Å². The number of carboxylic acid groups (broad SMARTS) is 1. The number of carbonyl (C=O) groups is 2. The topological polar surface area (TPSA) is 102 Å². The minimum Gasteiger partial charge on any atom is -0.478 e. The fraction of sp³-hybridized carbons (Fsp3) is 0.308. The number of benzene rings is 1. The van der Waals surface area contributed by atoms with Gasteiger partial charge in [-0.25, -0.2) is 4.79 Å². The van der Waals surface area contributed by atoms with Gasteiger partial charge < -0.3 is 15.1 Å². The first-order chi connectivity index (χ1) is 9.06. The van der Waals surface area contributed by atoms with Crippen LogP contribution in [-0.2, 0) is 4.79 Å². The normalized spacial score (nSPS) is 18.4. The van der Waals surface area contributed by atoms with Crippen LogP contribution in [0.2, 0.25) is 0 Å². The smallest absolute Gasteiger partial charge is 0.337 e. The number of anilines is 1. The van der Waals surface area contributed by atoms with Crippen LogP contribution in [0, 0.1) is 17.2 Å². The van der Waals surface area contributed by atoms with Gasteiger partial charge in [-0.05, 0) is 18.2 Å². The second kappa shape index (κ2) is 5.08. The average Bonchev–Trinajstić information content (AvgIpc) is 2.79. The minimum absolute atomic E-state index is 0.0778. The summed E-state index contributed by atoms with van der Waals surface area (Å²) in [5.41, 5.74) is 0.421. The Morgan fingerprint density at radius 1 is 1.53 bits per heavy atom. The van der Waals surface area contributed by atoms with Gasteiger partial charge in [0.05, 0.1) is 22.9 Å². The molecule has 19 heavy (non-hydrogen) atoms. The van der Waals surface area contributed by atoms with Gasteiger partial charge in [0, 0.05) is 25.5 Å². The summed E-state index contributed by atoms with van der Waals surface area (Å²) in [6.45, 7) is 0.183. The summed E-state index contributed by atoms with van der Waals surface area (Å²) in [6.07, 6.45) is 0.204. The van der Waals surface area contributed by atoms with E-state index in [1.165, 1.54) is 23.1 Å². The second-order valence-electron chi connectivity index (χ2n) is 4.41. The summed E-state index contributed by atoms with van der Waals surface area (Å²) in [6, 6.07) is 6.04. The van der Waals surface area contributed by atoms with Gasteiger partial charge in [-0.2, -0.15) is 5.26 Å². The molecule has 1 unspecified atom stereocenters. The summed E-state index contributed by atoms with van der Waals surface area (Å²) in [4.78, 5) is 24.4. The number of hydrogen-bond donors (Lipinski definition) is 2. The molecule has 0 bridgehead atoms. The Morgan fingerprint density at radius 2 is 2.26 bits per heavy atom. The van der Waals surface area contributed by atoms with Crippen LogP contribution in [0.5, 0.6) is 0 Å². The molecule has 0 saturated carbocycles. The summed E-state index contributed by atoms with van der Waals surface area (Å²) in [5.74, 6) is -1.58. The van der Waals surface area contributed by atoms with Crippen LogP contribution in [0.15, 0.2) is 18.2 Å². The molecule has 0 aromatic heterocycles. The number of nitriles is 1. The van der Waals surface area contributed by atoms with Gasteiger partial charge in [0.2, 0.25) is 5.91 Å². The van der Waals surface area contributed by atoms with Crippen molar-refractivity contribution in [3.8, 4) is 6.07 Å². The van der Waals surface area contributed by atoms with Gasteiger partial charge in [-0.3, -0.25) is 4.79 Å². The number of carbonyl (C=O) groups excluding carboxylic acids is 1. The fourth-order valence-corrected chi connectivity index (χ4v) is 2.15. The minimum atomic E-state index is -1.19. The van der Waals surface area contributed by atoms with Crippen molar-refractivity contribution >= 4 is 17.6 Å². The molecule has 1 fully saturated rings. The summed E-state index contributed by atoms with van der Waals surface area (Å²) in [7, 11) is 0. The highest BCUT2D eigenvalue weighted by Crippen LogP contribution is 2.28. The molecular weight excluding hydrogens is 248 g/mol. The SMILES string of the molecule is N#Cc1ccc(N2CC(CO)CC2=O)c(C(=O)O)c1. The molecule has 0 spiro atoms. The van der Waals surface area contributed by atoms with Crippen molar-refractivity contribution in [3.63, 3.8) is 0 Å². The van der Waals surface area contributed by atoms with Crippen molar-refractivity contribution in [2.75, 3.05) is 18.1 Å². The maximum Gasteiger partial charge on any atom is 0.337 e. The molecule has 2 rings (SSSR count). The molecule has 6 heteroatoms. The number of aromatic carboxylic acids is 1. The van der Waals surface area contributed by atoms with Crippen LogP contribution in [-0.4, -0.2) is 35.2 Å². The van der Waals surface area contributed by atoms with Crippen LogP contribution in [0.4, 0.5) is 5.69 Å². The van der Waals surface area contributed by atoms with Crippen LogP contribution < -0.4 is 4.90 Å². The van der Waals surface area contributed by atoms with E-state index in [0.29, 0.717) is 6.54 Å². The number of nitrogens with zero attached hydrogens (tertiary/aromatic N) is 2. The summed E-state index contributed by atoms with van der Waals surface area (Å²) >= 11 is 0. The number of carboxylic acids is 1. The third-order valence-electron chi connectivity index (χ3n) is 3.11. The maximum atomic E-state index is 11.8. The van der Waals surface area contributed by atoms with E-state index in [9.17, 15) is 9.59 Å². The molecule has 1 atom stereocenters. The lowest BCUT2D eigenvalue weighted by Gasteiger charge is -2.18. The summed E-state index contributed by atoms with van der Waals surface area (Å²) < 4.78 is 0. The molecule has 1 amide bonds. The summed E-state index contributed by atoms with van der Waals surface area (Å²) in [5, 5.41) is 27.0. The van der Waals surface area contributed by atoms with Crippen molar-refractivity contribution < 1.29 is 19.8 Å². The Labute approximate surface area is 109 Å². The van der Waals surface area contributed by atoms with Gasteiger partial charge in [0.15, 0.2) is 0 Å². The Morgan fingerprint density at radius 3 is 2.79 bits per heavy atom. The second-order valence-corrected chi connectivity index (χ2v) is 4.41. The predicted octanol–water partition coefficient (Wildman–Crippen LogP) is 0.602. The quantitative estimate of drug-likeness (QED) is 0.828. The molecule has 1 heterocycles. The first kappa shape index (κ1) is 13.1. The Hall–Kier alpha value is -2.39. The van der Waals surface area contributed by atoms with E-state index in [1.54, 1.807) is 0 Å². The number of amides is 1. The van der Waals surface area contributed by atoms with Crippen molar-refractivity contribution in [1.82, 2.24) is 0 Å². The molecule has 1 aromatic rings. The lowest BCUT2D eigenvalue weighted by atomic mass is 10.1. The number of aliphatic hydroxyl groups is 1. The van der Waals surface area contributed by atoms with Gasteiger partial charge >= 0.3 is 5.97 Å². The first-order valence-corrected chi connectivity index (χ1v) is 5.75. The molecule has 2 N–H and O–H groups in total. The number of hydrogen-bond acceptors (Lipinski definition) is 4. The van der Waals surface area contributed by atoms with Crippen LogP contribution in [0.3, 0.4) is 0 Å². The third kappa shape index (κ3) is 2.41. The van der Waals surface area contributed by atoms with E-state index in [1.807, 2.05) is 6.07 Å². The lowest BCUT2D eigenvalue weighted by Crippen LogP contribution is -2.27. The zero-order valence-corrected chi connectivity index (χ0v) is 10.0. The van der Waals surface area contributed by atoms with Crippen molar-refractivity contribution in [3.05, 3.63) is 29.3 Å². The average molecular weight is 260 g/mol. The third-order valence-corrected chi connectivity index (χ3v) is 3.11. The Kier molecular flexibility index (Phi) is 3.49. The standard InChI is InChI=1S/C13H12N2O4/c14-5-8-1-2-11(10(3-8)13(18)19)15-6-9(7-16)4-12(15)17/h1-3,9,16H,4,6-7H2,(H,18,19). The van der Waals surface area contributed by atoms with Gasteiger partial charge in [0.1, 0.15) is 0 Å². The lowest BCUT2D eigenvalue weighted by molar-refractivity contribution is -0.117. The Balaban J connectivity index is 2.43. The highest BCUT2D eigenvalue weighted by Gasteiger charge is 2.32. The molecule has 1 saturated heterocycles. The molecule has 0 radical (unpaired) electrons. The molecule has 6 nitrogen and oxygen atoms in total. The van der Waals surface area contributed by atoms with Crippen molar-refractivity contribution in [2.45, 2.75) is 6.42 Å². The predicted molar refractivity (Wildman–Crippen MR) is 65.7 cm³/mol. The van der Waals surface area contributed by atoms with Crippen LogP contribution >= 0.6 is 0 Å². The number of rotatable bonds is 3. The van der Waals surface area contributed by atoms with Crippen molar-refractivity contribution in [1.29, 1.82) is 5.26 Å². The van der Waals surface area contributed by atoms with Crippen molar-refractivity contribution in [2.24, 2.45) is 5.92 Å². The molecule has 0 aliphatic carbocycles. The van der Waals surface area contributed by atoms with E-state index < -0.39 is 5.97 Å². The van der Waals surface area contributed by atoms with E-state index >= 15 is 0 Å². The van der Waals surface area contributed by atoms with Crippen LogP contribution in [0.1, 0.15) is 22.3 Å². The monoisotopic (exact) mass is 260 g/mol. The van der Waals surface area contributed by atoms with Gasteiger partial charge in [-0.15, -0.1) is 0 Å². The van der Waals surface area contributed by atoms with E-state index in [-0.39, 0.29) is 41.7 Å². The molecule has 1 aliphatic rings. The Bertz CT molecular complexity index is 576. The highest BCUT2D eigenvalue weighted by atomic mass is 16.4. The van der Waals surface area contributed by atoms with Gasteiger partial charge in [0.25, 0.3) is 0 Å². The molecule has 1 aromatic carbocycles. The first-order valence-electron chi connectivity index (χ1n) is 5.75. The number of aliphatic hydroxyl groups excluding tert-OH is 1. The fourth-order valence-electron chi connectivity index (χ4n) is 2.15. The van der Waals surface area contributed by atoms with E-state index in [0.717, 1.165) is 0 Å². The highest BCUT2D eigenvalue weighted by molar-refractivity contribution is 6.03. The molecule has 98 valence electrons. The molecular formula is C13H12N2O4. The van der Waals surface area contributed by atoms with Gasteiger partial charge in [-0.1, -0.05) is 0 Å². The maximum absolute atomic E-state index is 11.8. The zero-order chi connectivity index (χ0) is 14.0. The molecule has 1 aliphatic heterocycles. The largest absolute Gasteiger partial charge is 0.478 e. The van der Waals surface area contributed by atoms with E-state index in [2.05, 4.69) is 0 Å². The zero-order valence-electron chi connectivity index (χ0n) is 10.0.